The first-order valence-corrected chi connectivity index (χ1v) is 8.97. The van der Waals surface area contributed by atoms with E-state index in [1.54, 1.807) is 0 Å². The Hall–Kier alpha value is -2.40. The number of fused-ring (bicyclic) bond motifs is 1. The van der Waals surface area contributed by atoms with Gasteiger partial charge in [0, 0.05) is 24.9 Å². The van der Waals surface area contributed by atoms with E-state index < -0.39 is 0 Å². The molecule has 5 heteroatoms. The number of nitrogens with one attached hydrogen (secondary N) is 2. The predicted molar refractivity (Wildman–Crippen MR) is 101 cm³/mol. The highest BCUT2D eigenvalue weighted by molar-refractivity contribution is 6.39. The van der Waals surface area contributed by atoms with Crippen molar-refractivity contribution in [2.45, 2.75) is 26.2 Å². The number of allylic oxidation sites excluding steroid dienone is 2. The lowest BCUT2D eigenvalue weighted by Crippen LogP contribution is -2.31. The number of carbonyl (C=O) groups excluding carboxylic acids is 1. The number of para-hydroxylation sites is 1. The van der Waals surface area contributed by atoms with Crippen LogP contribution < -0.4 is 15.4 Å². The minimum absolute atomic E-state index is 0.0642. The number of rotatable bonds is 3. The molecule has 2 N–H and O–H groups in total. The van der Waals surface area contributed by atoms with Crippen LogP contribution in [0.3, 0.4) is 0 Å². The maximum atomic E-state index is 11.9. The molecule has 25 heavy (non-hydrogen) atoms. The van der Waals surface area contributed by atoms with Gasteiger partial charge in [0.1, 0.15) is 18.1 Å². The average molecular weight is 339 g/mol. The van der Waals surface area contributed by atoms with Crippen LogP contribution in [-0.2, 0) is 4.79 Å². The van der Waals surface area contributed by atoms with Gasteiger partial charge in [-0.15, -0.1) is 0 Å². The Morgan fingerprint density at radius 1 is 1.28 bits per heavy atom. The van der Waals surface area contributed by atoms with Crippen LogP contribution in [0.25, 0.3) is 5.57 Å². The topological polar surface area (TPSA) is 62.7 Å². The normalized spacial score (nSPS) is 20.1. The molecular formula is C20H25N3O2. The molecule has 1 amide bonds. The van der Waals surface area contributed by atoms with Gasteiger partial charge in [0.05, 0.1) is 0 Å². The highest BCUT2D eigenvalue weighted by Gasteiger charge is 2.19. The van der Waals surface area contributed by atoms with E-state index in [2.05, 4.69) is 27.8 Å². The number of benzene rings is 1. The largest absolute Gasteiger partial charge is 0.492 e. The first-order valence-electron chi connectivity index (χ1n) is 8.97. The monoisotopic (exact) mass is 339 g/mol. The number of aliphatic imine (C=N–C) groups is 1. The summed E-state index contributed by atoms with van der Waals surface area (Å²) in [6, 6.07) is 8.14. The summed E-state index contributed by atoms with van der Waals surface area (Å²) in [4.78, 5) is 16.4. The van der Waals surface area contributed by atoms with Crippen molar-refractivity contribution in [3.63, 3.8) is 0 Å². The van der Waals surface area contributed by atoms with Crippen molar-refractivity contribution in [1.29, 1.82) is 0 Å². The minimum atomic E-state index is -0.0642. The van der Waals surface area contributed by atoms with Gasteiger partial charge in [0.25, 0.3) is 5.91 Å². The molecule has 1 aromatic rings. The van der Waals surface area contributed by atoms with Crippen molar-refractivity contribution in [2.24, 2.45) is 4.99 Å². The number of amides is 1. The lowest BCUT2D eigenvalue weighted by molar-refractivity contribution is -0.114. The molecular weight excluding hydrogens is 314 g/mol. The molecule has 2 aliphatic rings. The van der Waals surface area contributed by atoms with Gasteiger partial charge in [-0.3, -0.25) is 9.79 Å². The first kappa shape index (κ1) is 17.4. The van der Waals surface area contributed by atoms with Crippen molar-refractivity contribution in [1.82, 2.24) is 10.6 Å². The summed E-state index contributed by atoms with van der Waals surface area (Å²) >= 11 is 0. The molecule has 0 atom stereocenters. The van der Waals surface area contributed by atoms with Gasteiger partial charge >= 0.3 is 0 Å². The molecule has 0 saturated carbocycles. The zero-order chi connectivity index (χ0) is 17.5. The molecule has 0 unspecified atom stereocenters. The molecule has 0 bridgehead atoms. The highest BCUT2D eigenvalue weighted by atomic mass is 16.5. The molecule has 0 saturated heterocycles. The third kappa shape index (κ3) is 4.37. The SMILES string of the molecule is CCNC(=O)C1=NC=C(/C2=C/CCNCCOc3ccccc32)CC1. The summed E-state index contributed by atoms with van der Waals surface area (Å²) in [7, 11) is 0. The molecule has 132 valence electrons. The number of ether oxygens (including phenoxy) is 1. The maximum absolute atomic E-state index is 11.9. The van der Waals surface area contributed by atoms with Crippen LogP contribution in [0.15, 0.2) is 47.1 Å². The molecule has 0 aromatic heterocycles. The van der Waals surface area contributed by atoms with Gasteiger partial charge < -0.3 is 15.4 Å². The molecule has 1 aromatic carbocycles. The number of hydrogen-bond acceptors (Lipinski definition) is 4. The fourth-order valence-corrected chi connectivity index (χ4v) is 3.08. The van der Waals surface area contributed by atoms with E-state index in [1.807, 2.05) is 31.3 Å². The molecule has 3 rings (SSSR count). The Kier molecular flexibility index (Phi) is 6.01. The van der Waals surface area contributed by atoms with Crippen LogP contribution >= 0.6 is 0 Å². The summed E-state index contributed by atoms with van der Waals surface area (Å²) in [6.07, 6.45) is 6.52. The van der Waals surface area contributed by atoms with Gasteiger partial charge in [0.2, 0.25) is 0 Å². The summed E-state index contributed by atoms with van der Waals surface area (Å²) in [5.74, 6) is 0.836. The zero-order valence-corrected chi connectivity index (χ0v) is 14.7. The van der Waals surface area contributed by atoms with Crippen molar-refractivity contribution in [2.75, 3.05) is 26.2 Å². The second kappa shape index (κ2) is 8.62. The second-order valence-electron chi connectivity index (χ2n) is 6.09. The van der Waals surface area contributed by atoms with E-state index in [4.69, 9.17) is 4.74 Å². The van der Waals surface area contributed by atoms with Crippen LogP contribution in [0.2, 0.25) is 0 Å². The predicted octanol–water partition coefficient (Wildman–Crippen LogP) is 2.70. The fraction of sp³-hybridized carbons (Fsp3) is 0.400. The summed E-state index contributed by atoms with van der Waals surface area (Å²) in [5.41, 5.74) is 4.03. The fourth-order valence-electron chi connectivity index (χ4n) is 3.08. The third-order valence-electron chi connectivity index (χ3n) is 4.34. The lowest BCUT2D eigenvalue weighted by atomic mass is 9.91. The van der Waals surface area contributed by atoms with Crippen molar-refractivity contribution >= 4 is 17.2 Å². The van der Waals surface area contributed by atoms with Crippen molar-refractivity contribution in [3.05, 3.63) is 47.7 Å². The Morgan fingerprint density at radius 3 is 2.96 bits per heavy atom. The quantitative estimate of drug-likeness (QED) is 0.890. The maximum Gasteiger partial charge on any atom is 0.265 e. The molecule has 0 aliphatic carbocycles. The lowest BCUT2D eigenvalue weighted by Gasteiger charge is -2.20. The number of carbonyl (C=O) groups is 1. The Balaban J connectivity index is 1.92. The van der Waals surface area contributed by atoms with Crippen molar-refractivity contribution in [3.8, 4) is 5.75 Å². The highest BCUT2D eigenvalue weighted by Crippen LogP contribution is 2.35. The molecule has 2 aliphatic heterocycles. The molecule has 0 fully saturated rings. The second-order valence-corrected chi connectivity index (χ2v) is 6.09. The van der Waals surface area contributed by atoms with Crippen LogP contribution in [-0.4, -0.2) is 37.9 Å². The van der Waals surface area contributed by atoms with E-state index in [9.17, 15) is 4.79 Å². The summed E-state index contributed by atoms with van der Waals surface area (Å²) in [6.45, 7) is 4.97. The molecule has 0 spiro atoms. The Morgan fingerprint density at radius 2 is 2.16 bits per heavy atom. The van der Waals surface area contributed by atoms with Crippen LogP contribution in [0, 0.1) is 0 Å². The average Bonchev–Trinajstić information content (AvgIpc) is 2.66. The Bertz CT molecular complexity index is 719. The van der Waals surface area contributed by atoms with Crippen LogP contribution in [0.5, 0.6) is 5.75 Å². The van der Waals surface area contributed by atoms with Gasteiger partial charge in [0.15, 0.2) is 0 Å². The van der Waals surface area contributed by atoms with E-state index >= 15 is 0 Å². The van der Waals surface area contributed by atoms with E-state index in [0.717, 1.165) is 48.4 Å². The summed E-state index contributed by atoms with van der Waals surface area (Å²) < 4.78 is 5.95. The van der Waals surface area contributed by atoms with E-state index in [1.165, 1.54) is 0 Å². The smallest absolute Gasteiger partial charge is 0.265 e. The molecule has 0 radical (unpaired) electrons. The van der Waals surface area contributed by atoms with Crippen molar-refractivity contribution < 1.29 is 9.53 Å². The van der Waals surface area contributed by atoms with Gasteiger partial charge in [-0.25, -0.2) is 0 Å². The van der Waals surface area contributed by atoms with E-state index in [0.29, 0.717) is 25.3 Å². The minimum Gasteiger partial charge on any atom is -0.492 e. The zero-order valence-electron chi connectivity index (χ0n) is 14.7. The molecule has 5 nitrogen and oxygen atoms in total. The van der Waals surface area contributed by atoms with Crippen LogP contribution in [0.1, 0.15) is 31.7 Å². The number of hydrogen-bond donors (Lipinski definition) is 2. The van der Waals surface area contributed by atoms with E-state index in [-0.39, 0.29) is 5.91 Å². The first-order chi connectivity index (χ1) is 12.3. The van der Waals surface area contributed by atoms with Gasteiger partial charge in [-0.05, 0) is 49.9 Å². The van der Waals surface area contributed by atoms with Gasteiger partial charge in [-0.1, -0.05) is 24.3 Å². The van der Waals surface area contributed by atoms with Crippen LogP contribution in [0.4, 0.5) is 0 Å². The summed E-state index contributed by atoms with van der Waals surface area (Å²) in [5, 5.41) is 6.19. The Labute approximate surface area is 148 Å². The molecule has 2 heterocycles. The third-order valence-corrected chi connectivity index (χ3v) is 4.34. The number of nitrogens with zero attached hydrogens (tertiary/aromatic N) is 1. The standard InChI is InChI=1S/C20H25N3O2/c1-2-22-20(24)18-10-9-15(14-23-18)16-7-5-11-21-12-13-25-19-8-4-3-6-17(16)19/h3-4,6-8,14,21H,2,5,9-13H2,1H3,(H,22,24)/b16-7-. The van der Waals surface area contributed by atoms with Gasteiger partial charge in [-0.2, -0.15) is 0 Å².